The van der Waals surface area contributed by atoms with Crippen molar-refractivity contribution in [1.29, 1.82) is 0 Å². The second-order valence-electron chi connectivity index (χ2n) is 3.86. The molecule has 0 bridgehead atoms. The first-order valence-corrected chi connectivity index (χ1v) is 5.57. The minimum absolute atomic E-state index is 0.745. The summed E-state index contributed by atoms with van der Waals surface area (Å²) in [7, 11) is 2.08. The molecule has 0 saturated carbocycles. The lowest BCUT2D eigenvalue weighted by molar-refractivity contribution is 0.565. The minimum atomic E-state index is 0.745. The molecule has 0 spiro atoms. The van der Waals surface area contributed by atoms with Gasteiger partial charge in [0.15, 0.2) is 0 Å². The Kier molecular flexibility index (Phi) is 4.51. The van der Waals surface area contributed by atoms with Crippen molar-refractivity contribution in [1.82, 2.24) is 4.57 Å². The van der Waals surface area contributed by atoms with Crippen molar-refractivity contribution >= 4 is 6.08 Å². The number of hydrogen-bond donors (Lipinski definition) is 0. The lowest BCUT2D eigenvalue weighted by atomic mass is 10.00. The summed E-state index contributed by atoms with van der Waals surface area (Å²) >= 11 is 0. The van der Waals surface area contributed by atoms with Crippen LogP contribution in [-0.4, -0.2) is 4.57 Å². The zero-order chi connectivity index (χ0) is 10.4. The number of allylic oxidation sites excluding steroid dienone is 1. The smallest absolute Gasteiger partial charge is 0.0400 e. The van der Waals surface area contributed by atoms with Gasteiger partial charge < -0.3 is 4.57 Å². The van der Waals surface area contributed by atoms with Crippen LogP contribution in [0.2, 0.25) is 0 Å². The summed E-state index contributed by atoms with van der Waals surface area (Å²) in [6.07, 6.45) is 10.5. The Morgan fingerprint density at radius 2 is 2.21 bits per heavy atom. The van der Waals surface area contributed by atoms with Crippen LogP contribution in [0.5, 0.6) is 0 Å². The molecule has 0 fully saturated rings. The largest absolute Gasteiger partial charge is 0.351 e. The standard InChI is InChI=1S/C13H21N/c1-4-7-12(5-2)9-10-13-8-6-11-14(13)3/h6,8-12H,4-5,7H2,1-3H3/b10-9+. The summed E-state index contributed by atoms with van der Waals surface area (Å²) in [4.78, 5) is 0. The number of rotatable bonds is 5. The van der Waals surface area contributed by atoms with Crippen molar-refractivity contribution in [2.24, 2.45) is 13.0 Å². The summed E-state index contributed by atoms with van der Waals surface area (Å²) in [5.74, 6) is 0.745. The minimum Gasteiger partial charge on any atom is -0.351 e. The van der Waals surface area contributed by atoms with Crippen molar-refractivity contribution < 1.29 is 0 Å². The molecule has 0 saturated heterocycles. The van der Waals surface area contributed by atoms with Gasteiger partial charge >= 0.3 is 0 Å². The molecule has 78 valence electrons. The third-order valence-electron chi connectivity index (χ3n) is 2.71. The number of hydrogen-bond acceptors (Lipinski definition) is 0. The summed E-state index contributed by atoms with van der Waals surface area (Å²) in [5.41, 5.74) is 1.29. The molecule has 1 atom stereocenters. The molecule has 1 nitrogen and oxygen atoms in total. The average molecular weight is 191 g/mol. The third-order valence-corrected chi connectivity index (χ3v) is 2.71. The van der Waals surface area contributed by atoms with E-state index in [1.54, 1.807) is 0 Å². The van der Waals surface area contributed by atoms with Gasteiger partial charge in [-0.05, 0) is 37.0 Å². The molecule has 1 rings (SSSR count). The molecule has 1 heterocycles. The zero-order valence-corrected chi connectivity index (χ0v) is 9.53. The van der Waals surface area contributed by atoms with Gasteiger partial charge in [0.25, 0.3) is 0 Å². The van der Waals surface area contributed by atoms with Gasteiger partial charge in [0.05, 0.1) is 0 Å². The predicted molar refractivity (Wildman–Crippen MR) is 63.1 cm³/mol. The van der Waals surface area contributed by atoms with Crippen molar-refractivity contribution in [2.45, 2.75) is 33.1 Å². The molecule has 1 unspecified atom stereocenters. The maximum absolute atomic E-state index is 2.35. The van der Waals surface area contributed by atoms with E-state index in [1.165, 1.54) is 25.0 Å². The van der Waals surface area contributed by atoms with Crippen LogP contribution in [0.3, 0.4) is 0 Å². The molecule has 0 aliphatic carbocycles. The highest BCUT2D eigenvalue weighted by atomic mass is 14.9. The molecule has 14 heavy (non-hydrogen) atoms. The van der Waals surface area contributed by atoms with E-state index in [2.05, 4.69) is 55.9 Å². The quantitative estimate of drug-likeness (QED) is 0.666. The summed E-state index contributed by atoms with van der Waals surface area (Å²) in [6.45, 7) is 4.51. The monoisotopic (exact) mass is 191 g/mol. The fourth-order valence-electron chi connectivity index (χ4n) is 1.69. The Morgan fingerprint density at radius 3 is 2.71 bits per heavy atom. The number of aromatic nitrogens is 1. The summed E-state index contributed by atoms with van der Waals surface area (Å²) in [6, 6.07) is 4.23. The molecular weight excluding hydrogens is 170 g/mol. The van der Waals surface area contributed by atoms with Gasteiger partial charge in [-0.3, -0.25) is 0 Å². The molecular formula is C13H21N. The number of nitrogens with zero attached hydrogens (tertiary/aromatic N) is 1. The number of aryl methyl sites for hydroxylation is 1. The van der Waals surface area contributed by atoms with Crippen LogP contribution in [-0.2, 0) is 7.05 Å². The Bertz CT molecular complexity index is 283. The summed E-state index contributed by atoms with van der Waals surface area (Å²) < 4.78 is 2.15. The molecule has 0 aliphatic heterocycles. The van der Waals surface area contributed by atoms with Crippen LogP contribution in [0.25, 0.3) is 6.08 Å². The van der Waals surface area contributed by atoms with Gasteiger partial charge in [-0.25, -0.2) is 0 Å². The van der Waals surface area contributed by atoms with E-state index >= 15 is 0 Å². The van der Waals surface area contributed by atoms with E-state index in [4.69, 9.17) is 0 Å². The molecule has 1 heteroatoms. The first-order valence-electron chi connectivity index (χ1n) is 5.57. The van der Waals surface area contributed by atoms with Gasteiger partial charge in [-0.1, -0.05) is 26.3 Å². The van der Waals surface area contributed by atoms with Crippen molar-refractivity contribution in [3.63, 3.8) is 0 Å². The molecule has 1 aromatic rings. The van der Waals surface area contributed by atoms with E-state index in [0.717, 1.165) is 5.92 Å². The molecule has 0 aliphatic rings. The van der Waals surface area contributed by atoms with Crippen molar-refractivity contribution in [2.75, 3.05) is 0 Å². The fourth-order valence-corrected chi connectivity index (χ4v) is 1.69. The van der Waals surface area contributed by atoms with Crippen LogP contribution >= 0.6 is 0 Å². The van der Waals surface area contributed by atoms with Gasteiger partial charge in [-0.2, -0.15) is 0 Å². The molecule has 0 aromatic carbocycles. The van der Waals surface area contributed by atoms with Crippen LogP contribution in [0, 0.1) is 5.92 Å². The highest BCUT2D eigenvalue weighted by molar-refractivity contribution is 5.45. The Morgan fingerprint density at radius 1 is 1.43 bits per heavy atom. The third kappa shape index (κ3) is 3.06. The highest BCUT2D eigenvalue weighted by Gasteiger charge is 1.99. The zero-order valence-electron chi connectivity index (χ0n) is 9.53. The normalized spacial score (nSPS) is 13.6. The maximum Gasteiger partial charge on any atom is 0.0400 e. The van der Waals surface area contributed by atoms with Crippen LogP contribution < -0.4 is 0 Å². The van der Waals surface area contributed by atoms with Gasteiger partial charge in [0, 0.05) is 18.9 Å². The van der Waals surface area contributed by atoms with E-state index < -0.39 is 0 Å². The van der Waals surface area contributed by atoms with Gasteiger partial charge in [0.1, 0.15) is 0 Å². The lowest BCUT2D eigenvalue weighted by Gasteiger charge is -2.07. The SMILES string of the molecule is CCCC(/C=C/c1cccn1C)CC. The maximum atomic E-state index is 2.35. The van der Waals surface area contributed by atoms with E-state index in [-0.39, 0.29) is 0 Å². The van der Waals surface area contributed by atoms with Crippen LogP contribution in [0.4, 0.5) is 0 Å². The van der Waals surface area contributed by atoms with Crippen molar-refractivity contribution in [3.05, 3.63) is 30.1 Å². The van der Waals surface area contributed by atoms with Crippen molar-refractivity contribution in [3.8, 4) is 0 Å². The second-order valence-corrected chi connectivity index (χ2v) is 3.86. The molecule has 1 aromatic heterocycles. The molecule has 0 radical (unpaired) electrons. The van der Waals surface area contributed by atoms with Crippen LogP contribution in [0.1, 0.15) is 38.8 Å². The summed E-state index contributed by atoms with van der Waals surface area (Å²) in [5, 5.41) is 0. The van der Waals surface area contributed by atoms with E-state index in [9.17, 15) is 0 Å². The highest BCUT2D eigenvalue weighted by Crippen LogP contribution is 2.14. The Balaban J connectivity index is 2.57. The second kappa shape index (κ2) is 5.69. The topological polar surface area (TPSA) is 4.93 Å². The lowest BCUT2D eigenvalue weighted by Crippen LogP contribution is -1.94. The first-order chi connectivity index (χ1) is 6.77. The average Bonchev–Trinajstić information content (AvgIpc) is 2.59. The van der Waals surface area contributed by atoms with E-state index in [1.807, 2.05) is 0 Å². The Hall–Kier alpha value is -0.980. The van der Waals surface area contributed by atoms with E-state index in [0.29, 0.717) is 0 Å². The van der Waals surface area contributed by atoms with Gasteiger partial charge in [-0.15, -0.1) is 0 Å². The first kappa shape index (κ1) is 11.1. The van der Waals surface area contributed by atoms with Crippen LogP contribution in [0.15, 0.2) is 24.4 Å². The fraction of sp³-hybridized carbons (Fsp3) is 0.538. The predicted octanol–water partition coefficient (Wildman–Crippen LogP) is 3.86. The van der Waals surface area contributed by atoms with Gasteiger partial charge in [0.2, 0.25) is 0 Å². The molecule has 0 N–H and O–H groups in total. The Labute approximate surface area is 87.4 Å². The molecule has 0 amide bonds.